The van der Waals surface area contributed by atoms with Crippen LogP contribution in [-0.2, 0) is 9.53 Å². The van der Waals surface area contributed by atoms with Gasteiger partial charge in [-0.05, 0) is 13.8 Å². The molecule has 1 saturated heterocycles. The van der Waals surface area contributed by atoms with Crippen LogP contribution in [0.15, 0.2) is 0 Å². The number of aliphatic hydroxyl groups is 3. The van der Waals surface area contributed by atoms with Crippen LogP contribution < -0.4 is 10.6 Å². The molecule has 1 rings (SSSR count). The van der Waals surface area contributed by atoms with Crippen LogP contribution >= 0.6 is 0 Å². The number of hydrogen-bond donors (Lipinski definition) is 5. The highest BCUT2D eigenvalue weighted by Gasteiger charge is 2.35. The quantitative estimate of drug-likeness (QED) is 0.402. The summed E-state index contributed by atoms with van der Waals surface area (Å²) in [6.07, 6.45) is -2.28. The number of ether oxygens (including phenoxy) is 1. The Hall–Kier alpha value is -1.22. The standard InChI is InChI=1S/C10H18N2O6/c1-10(2,17)8(15)12-9(16)11-7-3-5(14)6(4-13)18-7/h5-7,13-14,17H,3-4H2,1-2H3,(H2,11,12,15,16)/t5-,6+,7+/m0/s1. The molecule has 1 aliphatic rings. The molecule has 0 radical (unpaired) electrons. The fraction of sp³-hybridized carbons (Fsp3) is 0.800. The highest BCUT2D eigenvalue weighted by molar-refractivity contribution is 5.98. The molecular weight excluding hydrogens is 244 g/mol. The zero-order valence-corrected chi connectivity index (χ0v) is 10.2. The van der Waals surface area contributed by atoms with Crippen molar-refractivity contribution in [1.82, 2.24) is 10.6 Å². The van der Waals surface area contributed by atoms with Gasteiger partial charge < -0.3 is 25.4 Å². The Bertz CT molecular complexity index is 327. The van der Waals surface area contributed by atoms with E-state index in [2.05, 4.69) is 5.32 Å². The normalized spacial score (nSPS) is 27.9. The largest absolute Gasteiger partial charge is 0.394 e. The number of rotatable bonds is 3. The van der Waals surface area contributed by atoms with Crippen LogP contribution in [-0.4, -0.2) is 57.9 Å². The molecule has 0 bridgehead atoms. The number of hydrogen-bond acceptors (Lipinski definition) is 6. The third kappa shape index (κ3) is 3.91. The molecule has 0 aromatic carbocycles. The topological polar surface area (TPSA) is 128 Å². The van der Waals surface area contributed by atoms with Gasteiger partial charge in [-0.1, -0.05) is 0 Å². The third-order valence-corrected chi connectivity index (χ3v) is 2.48. The number of urea groups is 1. The molecule has 3 atom stereocenters. The lowest BCUT2D eigenvalue weighted by atomic mass is 10.1. The van der Waals surface area contributed by atoms with Crippen LogP contribution in [0.4, 0.5) is 4.79 Å². The number of carbonyl (C=O) groups excluding carboxylic acids is 2. The second-order valence-electron chi connectivity index (χ2n) is 4.64. The van der Waals surface area contributed by atoms with Crippen LogP contribution in [0, 0.1) is 0 Å². The Kier molecular flexibility index (Phi) is 4.63. The lowest BCUT2D eigenvalue weighted by Gasteiger charge is -2.18. The summed E-state index contributed by atoms with van der Waals surface area (Å²) in [5.41, 5.74) is -1.67. The van der Waals surface area contributed by atoms with Crippen LogP contribution in [0.1, 0.15) is 20.3 Å². The van der Waals surface area contributed by atoms with Crippen LogP contribution in [0.3, 0.4) is 0 Å². The molecule has 3 amide bonds. The van der Waals surface area contributed by atoms with Crippen molar-refractivity contribution in [3.05, 3.63) is 0 Å². The molecule has 18 heavy (non-hydrogen) atoms. The molecule has 0 unspecified atom stereocenters. The van der Waals surface area contributed by atoms with Crippen molar-refractivity contribution < 1.29 is 29.6 Å². The number of nitrogens with one attached hydrogen (secondary N) is 2. The number of amides is 3. The summed E-state index contributed by atoms with van der Waals surface area (Å²) in [6.45, 7) is 2.13. The summed E-state index contributed by atoms with van der Waals surface area (Å²) in [7, 11) is 0. The lowest BCUT2D eigenvalue weighted by Crippen LogP contribution is -2.50. The Morgan fingerprint density at radius 3 is 2.50 bits per heavy atom. The number of carbonyl (C=O) groups is 2. The first kappa shape index (κ1) is 14.8. The van der Waals surface area contributed by atoms with Crippen LogP contribution in [0.2, 0.25) is 0 Å². The summed E-state index contributed by atoms with van der Waals surface area (Å²) >= 11 is 0. The second-order valence-corrected chi connectivity index (χ2v) is 4.64. The van der Waals surface area contributed by atoms with E-state index in [4.69, 9.17) is 9.84 Å². The first-order valence-corrected chi connectivity index (χ1v) is 5.52. The summed E-state index contributed by atoms with van der Waals surface area (Å²) in [5, 5.41) is 31.8. The summed E-state index contributed by atoms with van der Waals surface area (Å²) in [5.74, 6) is -0.850. The fourth-order valence-corrected chi connectivity index (χ4v) is 1.42. The zero-order valence-electron chi connectivity index (χ0n) is 10.2. The number of imide groups is 1. The van der Waals surface area contributed by atoms with Gasteiger partial charge in [-0.2, -0.15) is 0 Å². The van der Waals surface area contributed by atoms with Crippen molar-refractivity contribution in [3.63, 3.8) is 0 Å². The average molecular weight is 262 g/mol. The van der Waals surface area contributed by atoms with Crippen molar-refractivity contribution in [2.75, 3.05) is 6.61 Å². The van der Waals surface area contributed by atoms with Crippen molar-refractivity contribution in [3.8, 4) is 0 Å². The Labute approximate surface area is 104 Å². The molecule has 8 heteroatoms. The molecule has 104 valence electrons. The molecule has 0 aliphatic carbocycles. The molecule has 0 aromatic rings. The second kappa shape index (κ2) is 5.61. The van der Waals surface area contributed by atoms with Crippen molar-refractivity contribution in [2.24, 2.45) is 0 Å². The minimum atomic E-state index is -1.67. The van der Waals surface area contributed by atoms with E-state index in [1.165, 1.54) is 13.8 Å². The first-order valence-electron chi connectivity index (χ1n) is 5.52. The fourth-order valence-electron chi connectivity index (χ4n) is 1.42. The summed E-state index contributed by atoms with van der Waals surface area (Å²) in [6, 6.07) is -0.835. The van der Waals surface area contributed by atoms with E-state index < -0.39 is 36.0 Å². The number of aliphatic hydroxyl groups excluding tert-OH is 2. The van der Waals surface area contributed by atoms with E-state index in [0.29, 0.717) is 0 Å². The third-order valence-electron chi connectivity index (χ3n) is 2.48. The van der Waals surface area contributed by atoms with E-state index in [0.717, 1.165) is 0 Å². The van der Waals surface area contributed by atoms with E-state index >= 15 is 0 Å². The van der Waals surface area contributed by atoms with E-state index in [1.807, 2.05) is 5.32 Å². The zero-order chi connectivity index (χ0) is 13.9. The smallest absolute Gasteiger partial charge is 0.323 e. The van der Waals surface area contributed by atoms with Gasteiger partial charge in [0.05, 0.1) is 12.7 Å². The van der Waals surface area contributed by atoms with Gasteiger partial charge in [0.2, 0.25) is 0 Å². The minimum absolute atomic E-state index is 0.120. The van der Waals surface area contributed by atoms with Gasteiger partial charge in [-0.15, -0.1) is 0 Å². The molecule has 0 aromatic heterocycles. The lowest BCUT2D eigenvalue weighted by molar-refractivity contribution is -0.135. The van der Waals surface area contributed by atoms with Crippen molar-refractivity contribution in [2.45, 2.75) is 44.3 Å². The van der Waals surface area contributed by atoms with E-state index in [-0.39, 0.29) is 13.0 Å². The monoisotopic (exact) mass is 262 g/mol. The van der Waals surface area contributed by atoms with E-state index in [1.54, 1.807) is 0 Å². The van der Waals surface area contributed by atoms with Gasteiger partial charge in [0.1, 0.15) is 17.9 Å². The summed E-state index contributed by atoms with van der Waals surface area (Å²) in [4.78, 5) is 22.7. The van der Waals surface area contributed by atoms with Gasteiger partial charge in [-0.3, -0.25) is 10.1 Å². The Morgan fingerprint density at radius 2 is 2.06 bits per heavy atom. The average Bonchev–Trinajstić information content (AvgIpc) is 2.56. The molecule has 0 saturated carbocycles. The van der Waals surface area contributed by atoms with Crippen LogP contribution in [0.5, 0.6) is 0 Å². The summed E-state index contributed by atoms with van der Waals surface area (Å²) < 4.78 is 5.11. The van der Waals surface area contributed by atoms with Gasteiger partial charge in [0.15, 0.2) is 0 Å². The van der Waals surface area contributed by atoms with Crippen molar-refractivity contribution in [1.29, 1.82) is 0 Å². The predicted octanol–water partition coefficient (Wildman–Crippen LogP) is -1.95. The minimum Gasteiger partial charge on any atom is -0.394 e. The van der Waals surface area contributed by atoms with Gasteiger partial charge in [-0.25, -0.2) is 4.79 Å². The molecule has 1 fully saturated rings. The maximum Gasteiger partial charge on any atom is 0.323 e. The maximum atomic E-state index is 11.4. The van der Waals surface area contributed by atoms with E-state index in [9.17, 15) is 19.8 Å². The first-order chi connectivity index (χ1) is 8.24. The predicted molar refractivity (Wildman–Crippen MR) is 59.3 cm³/mol. The molecule has 1 heterocycles. The van der Waals surface area contributed by atoms with Gasteiger partial charge >= 0.3 is 6.03 Å². The molecule has 0 spiro atoms. The SMILES string of the molecule is CC(C)(O)C(=O)NC(=O)N[C@H]1C[C@H](O)[C@@H](CO)O1. The molecule has 1 aliphatic heterocycles. The van der Waals surface area contributed by atoms with Gasteiger partial charge in [0, 0.05) is 6.42 Å². The molecule has 5 N–H and O–H groups in total. The maximum absolute atomic E-state index is 11.4. The Morgan fingerprint density at radius 1 is 1.44 bits per heavy atom. The Balaban J connectivity index is 2.41. The molecule has 8 nitrogen and oxygen atoms in total. The van der Waals surface area contributed by atoms with Crippen LogP contribution in [0.25, 0.3) is 0 Å². The highest BCUT2D eigenvalue weighted by Crippen LogP contribution is 2.18. The molecular formula is C10H18N2O6. The highest BCUT2D eigenvalue weighted by atomic mass is 16.5. The van der Waals surface area contributed by atoms with Crippen molar-refractivity contribution >= 4 is 11.9 Å². The van der Waals surface area contributed by atoms with Gasteiger partial charge in [0.25, 0.3) is 5.91 Å².